The van der Waals surface area contributed by atoms with Gasteiger partial charge < -0.3 is 97.0 Å². The van der Waals surface area contributed by atoms with Crippen LogP contribution in [0.4, 0.5) is 0 Å². The molecule has 0 saturated heterocycles. The van der Waals surface area contributed by atoms with Crippen LogP contribution >= 0.6 is 0 Å². The SMILES string of the molecule is CCCCC[C@H](NCC(C)=O)C(N)=O.CNC(=O)[C@H](CCCCNC(=O)COCCOCCOCC(=O)CCCCOCCOCCOCCCCC(=O)CCCCOCCOCC(=O)NCCCC[C@H](NC)C(N)=O)CC(=O)CCCC(=O)NC(CNC(C)(C)/C(C)=N\O)CNC(C)(C)/C(C)=N\O. The second-order valence-electron chi connectivity index (χ2n) is 26.7. The zero-order valence-electron chi connectivity index (χ0n) is 64.7. The molecule has 0 heterocycles. The van der Waals surface area contributed by atoms with Gasteiger partial charge in [-0.05, 0) is 139 Å². The monoisotopic (exact) mass is 1490 g/mol. The topological polar surface area (TPSA) is 458 Å². The minimum Gasteiger partial charge on any atom is -0.411 e. The molecule has 0 aliphatic heterocycles. The number of nitrogens with two attached hydrogens (primary N) is 2. The lowest BCUT2D eigenvalue weighted by atomic mass is 9.93. The number of unbranched alkanes of at least 4 members (excludes halogenated alkanes) is 7. The number of amides is 6. The average molecular weight is 1490 g/mol. The minimum atomic E-state index is -0.658. The van der Waals surface area contributed by atoms with Gasteiger partial charge in [-0.25, -0.2) is 0 Å². The number of hydrogen-bond donors (Lipinski definition) is 12. The zero-order chi connectivity index (χ0) is 78.1. The normalized spacial score (nSPS) is 12.8. The first-order valence-corrected chi connectivity index (χ1v) is 37.3. The first kappa shape index (κ1) is 100. The van der Waals surface area contributed by atoms with Crippen molar-refractivity contribution in [2.75, 3.05) is 153 Å². The summed E-state index contributed by atoms with van der Waals surface area (Å²) in [7, 11) is 3.21. The van der Waals surface area contributed by atoms with E-state index >= 15 is 0 Å². The Morgan fingerprint density at radius 3 is 1.27 bits per heavy atom. The van der Waals surface area contributed by atoms with Crippen molar-refractivity contribution in [1.29, 1.82) is 0 Å². The van der Waals surface area contributed by atoms with E-state index in [1.807, 2.05) is 27.7 Å². The number of likely N-dealkylation sites (N-methyl/N-ethyl adjacent to an activating group) is 1. The minimum absolute atomic E-state index is 0.000669. The number of nitrogens with zero attached hydrogens (tertiary/aromatic N) is 2. The van der Waals surface area contributed by atoms with Crippen LogP contribution < -0.4 is 54.0 Å². The van der Waals surface area contributed by atoms with Crippen molar-refractivity contribution in [3.8, 4) is 0 Å². The molecule has 0 rings (SSSR count). The van der Waals surface area contributed by atoms with Crippen molar-refractivity contribution < 1.29 is 96.3 Å². The van der Waals surface area contributed by atoms with E-state index < -0.39 is 23.0 Å². The maximum Gasteiger partial charge on any atom is 0.245 e. The number of ketones is 4. The molecule has 0 saturated carbocycles. The molecule has 3 atom stereocenters. The molecule has 0 aromatic carbocycles. The third-order valence-electron chi connectivity index (χ3n) is 16.9. The molecule has 14 N–H and O–H groups in total. The summed E-state index contributed by atoms with van der Waals surface area (Å²) < 4.78 is 43.9. The van der Waals surface area contributed by atoms with Gasteiger partial charge in [-0.2, -0.15) is 0 Å². The van der Waals surface area contributed by atoms with Crippen LogP contribution in [0, 0.1) is 5.92 Å². The number of Topliss-reactive ketones (excluding diaryl/α,β-unsaturated/α-hetero) is 4. The lowest BCUT2D eigenvalue weighted by Gasteiger charge is -2.32. The van der Waals surface area contributed by atoms with Crippen LogP contribution in [0.25, 0.3) is 0 Å². The second kappa shape index (κ2) is 66.4. The van der Waals surface area contributed by atoms with Crippen LogP contribution in [0.3, 0.4) is 0 Å². The van der Waals surface area contributed by atoms with Crippen molar-refractivity contribution >= 4 is 70.0 Å². The van der Waals surface area contributed by atoms with Gasteiger partial charge in [0.25, 0.3) is 0 Å². The standard InChI is InChI=1S/C62H116N10O18.C10H20N2O2/c1-48(71-81)61(3,4)68-43-51(44-69-62(5,6)49(2)72-82)70-56(76)26-19-24-53(74)42-50(60(80)65-8)20-9-14-27-66-57(77)47-90-41-38-87-37-39-88-45-54(75)23-13-18-31-84-33-35-86-34-32-83-29-16-11-21-52(73)22-12-17-30-85-36-40-89-46-58(78)67-28-15-10-25-55(64-7)59(63)79;1-3-4-5-6-9(10(11)14)12-7-8(2)13/h50-51,55,64,68-69,81-82H,9-47H2,1-8H3,(H2,63,79)(H,65,80)(H,66,77)(H,67,78)(H,70,76);9,12H,3-7H2,1-2H3,(H2,11,14)/b71-48-,72-49-;/t50-,55+;9-/m10/s1. The summed E-state index contributed by atoms with van der Waals surface area (Å²) in [5.41, 5.74) is 10.1. The Balaban J connectivity index is 0. The summed E-state index contributed by atoms with van der Waals surface area (Å²) in [5, 5.41) is 48.7. The number of nitrogens with one attached hydrogen (secondary N) is 8. The zero-order valence-corrected chi connectivity index (χ0v) is 64.7. The van der Waals surface area contributed by atoms with E-state index in [9.17, 15) is 58.4 Å². The van der Waals surface area contributed by atoms with Crippen molar-refractivity contribution in [3.05, 3.63) is 0 Å². The highest BCUT2D eigenvalue weighted by molar-refractivity contribution is 5.91. The van der Waals surface area contributed by atoms with Gasteiger partial charge in [0, 0.05) is 97.5 Å². The number of oxime groups is 2. The van der Waals surface area contributed by atoms with Crippen molar-refractivity contribution in [1.82, 2.24) is 42.5 Å². The van der Waals surface area contributed by atoms with Gasteiger partial charge >= 0.3 is 0 Å². The summed E-state index contributed by atoms with van der Waals surface area (Å²) in [6, 6.07) is -1.12. The Labute approximate surface area is 619 Å². The molecule has 32 heteroatoms. The second-order valence-corrected chi connectivity index (χ2v) is 26.7. The van der Waals surface area contributed by atoms with Crippen molar-refractivity contribution in [2.45, 2.75) is 232 Å². The third kappa shape index (κ3) is 60.1. The molecular formula is C72H136N12O20. The van der Waals surface area contributed by atoms with E-state index in [4.69, 9.17) is 49.4 Å². The maximum absolute atomic E-state index is 13.0. The highest BCUT2D eigenvalue weighted by Gasteiger charge is 2.28. The molecule has 0 bridgehead atoms. The predicted octanol–water partition coefficient (Wildman–Crippen LogP) is 3.43. The maximum atomic E-state index is 13.0. The highest BCUT2D eigenvalue weighted by Crippen LogP contribution is 2.17. The van der Waals surface area contributed by atoms with Gasteiger partial charge in [-0.1, -0.05) is 42.9 Å². The molecule has 32 nitrogen and oxygen atoms in total. The van der Waals surface area contributed by atoms with Gasteiger partial charge in [0.15, 0.2) is 5.78 Å². The fourth-order valence-corrected chi connectivity index (χ4v) is 9.67. The summed E-state index contributed by atoms with van der Waals surface area (Å²) in [5.74, 6) is -2.16. The molecule has 0 aliphatic carbocycles. The molecule has 0 fully saturated rings. The van der Waals surface area contributed by atoms with Crippen LogP contribution in [-0.2, 0) is 85.8 Å². The first-order valence-electron chi connectivity index (χ1n) is 37.3. The van der Waals surface area contributed by atoms with Crippen LogP contribution in [0.5, 0.6) is 0 Å². The fraction of sp³-hybridized carbons (Fsp3) is 0.833. The molecule has 0 radical (unpaired) electrons. The van der Waals surface area contributed by atoms with Crippen LogP contribution in [-0.4, -0.2) is 262 Å². The number of carbonyl (C=O) groups is 10. The third-order valence-corrected chi connectivity index (χ3v) is 16.9. The van der Waals surface area contributed by atoms with Gasteiger partial charge in [0.05, 0.1) is 113 Å². The Bertz CT molecular complexity index is 2370. The lowest BCUT2D eigenvalue weighted by molar-refractivity contribution is -0.129. The first-order chi connectivity index (χ1) is 49.7. The van der Waals surface area contributed by atoms with E-state index in [0.717, 1.165) is 70.6 Å². The number of ether oxygens (including phenoxy) is 8. The molecule has 6 amide bonds. The Kier molecular flexibility index (Phi) is 63.9. The van der Waals surface area contributed by atoms with Crippen LogP contribution in [0.15, 0.2) is 10.3 Å². The molecule has 0 aromatic heterocycles. The quantitative estimate of drug-likeness (QED) is 0.0180. The van der Waals surface area contributed by atoms with E-state index in [1.54, 1.807) is 20.9 Å². The summed E-state index contributed by atoms with van der Waals surface area (Å²) >= 11 is 0. The molecule has 0 unspecified atom stereocenters. The highest BCUT2D eigenvalue weighted by atomic mass is 16.6. The molecule has 0 aliphatic rings. The van der Waals surface area contributed by atoms with E-state index in [-0.39, 0.29) is 143 Å². The molecular weight excluding hydrogens is 1350 g/mol. The van der Waals surface area contributed by atoms with Crippen molar-refractivity contribution in [2.24, 2.45) is 27.7 Å². The van der Waals surface area contributed by atoms with Gasteiger partial charge in [-0.15, -0.1) is 0 Å². The van der Waals surface area contributed by atoms with Crippen molar-refractivity contribution in [3.63, 3.8) is 0 Å². The van der Waals surface area contributed by atoms with E-state index in [2.05, 4.69) is 59.8 Å². The largest absolute Gasteiger partial charge is 0.411 e. The average Bonchev–Trinajstić information content (AvgIpc) is 0.872. The Hall–Kier alpha value is -6.04. The number of carbonyl (C=O) groups excluding carboxylic acids is 10. The van der Waals surface area contributed by atoms with Gasteiger partial charge in [-0.3, -0.25) is 53.3 Å². The van der Waals surface area contributed by atoms with Crippen LogP contribution in [0.2, 0.25) is 0 Å². The smallest absolute Gasteiger partial charge is 0.245 e. The Morgan fingerprint density at radius 1 is 0.442 bits per heavy atom. The predicted molar refractivity (Wildman–Crippen MR) is 397 cm³/mol. The summed E-state index contributed by atoms with van der Waals surface area (Å²) in [6.45, 7) is 21.0. The number of rotatable bonds is 72. The lowest BCUT2D eigenvalue weighted by Crippen LogP contribution is -2.57. The molecule has 0 spiro atoms. The van der Waals surface area contributed by atoms with Gasteiger partial charge in [0.1, 0.15) is 37.2 Å². The Morgan fingerprint density at radius 2 is 0.846 bits per heavy atom. The van der Waals surface area contributed by atoms with E-state index in [0.29, 0.717) is 155 Å². The number of hydrogen-bond acceptors (Lipinski definition) is 26. The number of primary amides is 2. The summed E-state index contributed by atoms with van der Waals surface area (Å²) in [6.07, 6.45) is 14.2. The van der Waals surface area contributed by atoms with E-state index in [1.165, 1.54) is 14.0 Å². The molecule has 604 valence electrons. The molecule has 104 heavy (non-hydrogen) atoms. The fourth-order valence-electron chi connectivity index (χ4n) is 9.67. The van der Waals surface area contributed by atoms with Crippen LogP contribution in [0.1, 0.15) is 203 Å². The summed E-state index contributed by atoms with van der Waals surface area (Å²) in [4.78, 5) is 120. The molecule has 0 aromatic rings. The van der Waals surface area contributed by atoms with Gasteiger partial charge in [0.2, 0.25) is 35.4 Å².